The highest BCUT2D eigenvalue weighted by Gasteiger charge is 2.43. The maximum Gasteiger partial charge on any atom is 0.145 e. The third-order valence-corrected chi connectivity index (χ3v) is 5.79. The van der Waals surface area contributed by atoms with Crippen molar-refractivity contribution in [2.75, 3.05) is 13.1 Å². The van der Waals surface area contributed by atoms with Crippen LogP contribution in [0.3, 0.4) is 0 Å². The number of halogens is 1. The van der Waals surface area contributed by atoms with Crippen molar-refractivity contribution in [3.05, 3.63) is 20.8 Å². The Bertz CT molecular complexity index is 407. The van der Waals surface area contributed by atoms with Crippen LogP contribution in [0.1, 0.15) is 25.1 Å². The Balaban J connectivity index is 2.16. The van der Waals surface area contributed by atoms with Gasteiger partial charge in [0.25, 0.3) is 0 Å². The molecular weight excluding hydrogens is 298 g/mol. The normalized spacial score (nSPS) is 24.5. The van der Waals surface area contributed by atoms with Crippen molar-refractivity contribution in [3.63, 3.8) is 0 Å². The molecule has 2 heterocycles. The highest BCUT2D eigenvalue weighted by molar-refractivity contribution is 9.10. The molecule has 0 bridgehead atoms. The minimum atomic E-state index is -0.149. The first-order valence-electron chi connectivity index (χ1n) is 6.02. The van der Waals surface area contributed by atoms with E-state index in [1.54, 1.807) is 11.3 Å². The van der Waals surface area contributed by atoms with Crippen molar-refractivity contribution in [3.8, 4) is 0 Å². The molecule has 1 N–H and O–H groups in total. The van der Waals surface area contributed by atoms with Gasteiger partial charge in [0.05, 0.1) is 0 Å². The molecule has 1 aliphatic rings. The van der Waals surface area contributed by atoms with E-state index in [1.807, 2.05) is 11.4 Å². The smallest absolute Gasteiger partial charge is 0.145 e. The lowest BCUT2D eigenvalue weighted by Gasteiger charge is -2.31. The van der Waals surface area contributed by atoms with Crippen LogP contribution in [0.4, 0.5) is 0 Å². The average Bonchev–Trinajstić information content (AvgIpc) is 2.89. The zero-order valence-electron chi connectivity index (χ0n) is 10.3. The zero-order chi connectivity index (χ0) is 12.5. The minimum Gasteiger partial charge on any atom is -0.316 e. The van der Waals surface area contributed by atoms with Gasteiger partial charge in [-0.2, -0.15) is 0 Å². The summed E-state index contributed by atoms with van der Waals surface area (Å²) in [4.78, 5) is 13.7. The van der Waals surface area contributed by atoms with Gasteiger partial charge in [-0.25, -0.2) is 0 Å². The van der Waals surface area contributed by atoms with Crippen LogP contribution in [0.25, 0.3) is 0 Å². The van der Waals surface area contributed by atoms with Gasteiger partial charge in [-0.15, -0.1) is 11.3 Å². The summed E-state index contributed by atoms with van der Waals surface area (Å²) < 4.78 is 1.07. The second kappa shape index (κ2) is 5.21. The van der Waals surface area contributed by atoms with E-state index in [0.717, 1.165) is 28.9 Å². The minimum absolute atomic E-state index is 0.149. The maximum absolute atomic E-state index is 12.6. The first-order valence-corrected chi connectivity index (χ1v) is 7.69. The summed E-state index contributed by atoms with van der Waals surface area (Å²) in [5.41, 5.74) is -0.149. The predicted molar refractivity (Wildman–Crippen MR) is 75.5 cm³/mol. The van der Waals surface area contributed by atoms with E-state index in [9.17, 15) is 4.79 Å². The average molecular weight is 316 g/mol. The lowest BCUT2D eigenvalue weighted by Crippen LogP contribution is -2.39. The van der Waals surface area contributed by atoms with Crippen molar-refractivity contribution < 1.29 is 4.79 Å². The molecule has 0 aliphatic carbocycles. The summed E-state index contributed by atoms with van der Waals surface area (Å²) in [6.45, 7) is 6.13. The van der Waals surface area contributed by atoms with Crippen molar-refractivity contribution >= 4 is 33.0 Å². The maximum atomic E-state index is 12.6. The fourth-order valence-electron chi connectivity index (χ4n) is 2.54. The fraction of sp³-hybridized carbons (Fsp3) is 0.615. The van der Waals surface area contributed by atoms with E-state index in [1.165, 1.54) is 0 Å². The summed E-state index contributed by atoms with van der Waals surface area (Å²) in [7, 11) is 0. The summed E-state index contributed by atoms with van der Waals surface area (Å²) in [6, 6.07) is 2.02. The van der Waals surface area contributed by atoms with Crippen LogP contribution in [0.15, 0.2) is 15.9 Å². The van der Waals surface area contributed by atoms with Gasteiger partial charge in [0, 0.05) is 27.7 Å². The van der Waals surface area contributed by atoms with Crippen molar-refractivity contribution in [1.82, 2.24) is 5.32 Å². The largest absolute Gasteiger partial charge is 0.316 e. The SMILES string of the molecule is CC(C)C1(C(=O)Cc2sccc2Br)CCNC1. The van der Waals surface area contributed by atoms with Crippen LogP contribution in [-0.2, 0) is 11.2 Å². The summed E-state index contributed by atoms with van der Waals surface area (Å²) >= 11 is 5.16. The number of thiophene rings is 1. The molecule has 1 aromatic heterocycles. The lowest BCUT2D eigenvalue weighted by molar-refractivity contribution is -0.129. The van der Waals surface area contributed by atoms with Crippen LogP contribution in [0.2, 0.25) is 0 Å². The van der Waals surface area contributed by atoms with E-state index < -0.39 is 0 Å². The van der Waals surface area contributed by atoms with Crippen molar-refractivity contribution in [2.45, 2.75) is 26.7 Å². The standard InChI is InChI=1S/C13H18BrNOS/c1-9(2)13(4-5-15-8-13)12(16)7-11-10(14)3-6-17-11/h3,6,9,15H,4-5,7-8H2,1-2H3. The molecule has 4 heteroatoms. The van der Waals surface area contributed by atoms with Gasteiger partial charge in [-0.05, 0) is 46.3 Å². The predicted octanol–water partition coefficient (Wildman–Crippen LogP) is 3.26. The molecule has 1 aliphatic heterocycles. The second-order valence-electron chi connectivity index (χ2n) is 5.03. The highest BCUT2D eigenvalue weighted by atomic mass is 79.9. The number of carbonyl (C=O) groups excluding carboxylic acids is 1. The lowest BCUT2D eigenvalue weighted by atomic mass is 9.72. The van der Waals surface area contributed by atoms with Gasteiger partial charge in [0.15, 0.2) is 0 Å². The number of carbonyl (C=O) groups is 1. The molecule has 94 valence electrons. The van der Waals surface area contributed by atoms with Crippen LogP contribution in [0.5, 0.6) is 0 Å². The number of nitrogens with one attached hydrogen (secondary N) is 1. The quantitative estimate of drug-likeness (QED) is 0.924. The van der Waals surface area contributed by atoms with Crippen LogP contribution >= 0.6 is 27.3 Å². The topological polar surface area (TPSA) is 29.1 Å². The molecule has 1 atom stereocenters. The summed E-state index contributed by atoms with van der Waals surface area (Å²) in [6.07, 6.45) is 1.55. The van der Waals surface area contributed by atoms with Crippen molar-refractivity contribution in [1.29, 1.82) is 0 Å². The molecule has 2 nitrogen and oxygen atoms in total. The van der Waals surface area contributed by atoms with E-state index in [2.05, 4.69) is 35.1 Å². The van der Waals surface area contributed by atoms with Gasteiger partial charge in [0.2, 0.25) is 0 Å². The molecule has 1 aromatic rings. The summed E-state index contributed by atoms with van der Waals surface area (Å²) in [5.74, 6) is 0.796. The molecule has 0 saturated carbocycles. The molecule has 2 rings (SSSR count). The third kappa shape index (κ3) is 2.49. The van der Waals surface area contributed by atoms with Crippen LogP contribution in [0, 0.1) is 11.3 Å². The monoisotopic (exact) mass is 315 g/mol. The van der Waals surface area contributed by atoms with Gasteiger partial charge in [-0.3, -0.25) is 4.79 Å². The van der Waals surface area contributed by atoms with Crippen molar-refractivity contribution in [2.24, 2.45) is 11.3 Å². The first kappa shape index (κ1) is 13.2. The molecule has 0 radical (unpaired) electrons. The molecule has 0 amide bonds. The molecule has 0 spiro atoms. The summed E-state index contributed by atoms with van der Waals surface area (Å²) in [5, 5.41) is 5.37. The van der Waals surface area contributed by atoms with Crippen LogP contribution in [-0.4, -0.2) is 18.9 Å². The third-order valence-electron chi connectivity index (χ3n) is 3.86. The second-order valence-corrected chi connectivity index (χ2v) is 6.88. The highest BCUT2D eigenvalue weighted by Crippen LogP contribution is 2.37. The van der Waals surface area contributed by atoms with Gasteiger partial charge in [0.1, 0.15) is 5.78 Å². The number of Topliss-reactive ketones (excluding diaryl/α,β-unsaturated/α-hetero) is 1. The van der Waals surface area contributed by atoms with E-state index in [-0.39, 0.29) is 5.41 Å². The molecular formula is C13H18BrNOS. The Hall–Kier alpha value is -0.190. The molecule has 1 saturated heterocycles. The Labute approximate surface area is 115 Å². The Kier molecular flexibility index (Phi) is 4.06. The molecule has 1 unspecified atom stereocenters. The van der Waals surface area contributed by atoms with Crippen LogP contribution < -0.4 is 5.32 Å². The Morgan fingerprint density at radius 2 is 2.41 bits per heavy atom. The number of ketones is 1. The van der Waals surface area contributed by atoms with Gasteiger partial charge < -0.3 is 5.32 Å². The Morgan fingerprint density at radius 1 is 1.65 bits per heavy atom. The number of hydrogen-bond acceptors (Lipinski definition) is 3. The number of rotatable bonds is 4. The van der Waals surface area contributed by atoms with E-state index in [4.69, 9.17) is 0 Å². The zero-order valence-corrected chi connectivity index (χ0v) is 12.7. The van der Waals surface area contributed by atoms with E-state index in [0.29, 0.717) is 18.1 Å². The molecule has 17 heavy (non-hydrogen) atoms. The van der Waals surface area contributed by atoms with Gasteiger partial charge >= 0.3 is 0 Å². The Morgan fingerprint density at radius 3 is 2.88 bits per heavy atom. The van der Waals surface area contributed by atoms with Gasteiger partial charge in [-0.1, -0.05) is 13.8 Å². The fourth-order valence-corrected chi connectivity index (χ4v) is 4.03. The molecule has 0 aromatic carbocycles. The first-order chi connectivity index (χ1) is 8.06. The van der Waals surface area contributed by atoms with E-state index >= 15 is 0 Å². The number of hydrogen-bond donors (Lipinski definition) is 1. The molecule has 1 fully saturated rings.